The van der Waals surface area contributed by atoms with E-state index in [1.807, 2.05) is 12.1 Å². The third-order valence-corrected chi connectivity index (χ3v) is 4.81. The maximum absolute atomic E-state index is 13.0. The summed E-state index contributed by atoms with van der Waals surface area (Å²) in [7, 11) is 0. The Labute approximate surface area is 138 Å². The average Bonchev–Trinajstić information content (AvgIpc) is 2.55. The number of nitrogens with one attached hydrogen (secondary N) is 2. The molecule has 3 heterocycles. The summed E-state index contributed by atoms with van der Waals surface area (Å²) >= 11 is 0. The zero-order valence-corrected chi connectivity index (χ0v) is 13.4. The Bertz CT molecular complexity index is 932. The highest BCUT2D eigenvalue weighted by Gasteiger charge is 2.30. The number of carbonyl (C=O) groups is 2. The molecule has 0 saturated carbocycles. The summed E-state index contributed by atoms with van der Waals surface area (Å²) in [4.78, 5) is 41.1. The zero-order chi connectivity index (χ0) is 16.8. The molecule has 2 aromatic rings. The van der Waals surface area contributed by atoms with Gasteiger partial charge >= 0.3 is 0 Å². The average molecular weight is 326 g/mol. The predicted molar refractivity (Wildman–Crippen MR) is 87.6 cm³/mol. The van der Waals surface area contributed by atoms with E-state index < -0.39 is 11.9 Å². The minimum absolute atomic E-state index is 0.215. The van der Waals surface area contributed by atoms with Crippen molar-refractivity contribution < 1.29 is 9.59 Å². The lowest BCUT2D eigenvalue weighted by molar-refractivity contribution is -0.135. The Morgan fingerprint density at radius 1 is 1.17 bits per heavy atom. The molecular formula is C17H18N4O3. The number of rotatable bonds is 1. The van der Waals surface area contributed by atoms with E-state index in [9.17, 15) is 14.4 Å². The van der Waals surface area contributed by atoms with Crippen LogP contribution in [0.1, 0.15) is 35.8 Å². The number of piperidine rings is 1. The van der Waals surface area contributed by atoms with Crippen molar-refractivity contribution >= 4 is 22.7 Å². The number of nitrogens with zero attached hydrogens (tertiary/aromatic N) is 2. The molecule has 7 heteroatoms. The van der Waals surface area contributed by atoms with Gasteiger partial charge in [-0.1, -0.05) is 0 Å². The first-order valence-corrected chi connectivity index (χ1v) is 8.13. The van der Waals surface area contributed by atoms with Crippen molar-refractivity contribution in [1.29, 1.82) is 0 Å². The molecule has 2 amide bonds. The molecule has 1 aromatic carbocycles. The first-order valence-electron chi connectivity index (χ1n) is 8.13. The standard InChI is InChI=1S/C17H18N4O3/c1-9-19-13-7-11-8-18-5-4-10(11)6-12(13)17(24)21(9)14-2-3-15(22)20-16(14)23/h6-7,14,18H,2-5,8H2,1H3,(H,20,22,23)/t14-/m0/s1. The molecule has 124 valence electrons. The van der Waals surface area contributed by atoms with Gasteiger partial charge in [0.15, 0.2) is 0 Å². The van der Waals surface area contributed by atoms with Gasteiger partial charge < -0.3 is 5.32 Å². The van der Waals surface area contributed by atoms with Gasteiger partial charge in [0, 0.05) is 13.0 Å². The zero-order valence-electron chi connectivity index (χ0n) is 13.4. The molecule has 2 N–H and O–H groups in total. The van der Waals surface area contributed by atoms with Crippen molar-refractivity contribution in [2.75, 3.05) is 6.54 Å². The van der Waals surface area contributed by atoms with Crippen LogP contribution >= 0.6 is 0 Å². The van der Waals surface area contributed by atoms with Crippen LogP contribution in [0, 0.1) is 6.92 Å². The molecule has 4 rings (SSSR count). The number of hydrogen-bond acceptors (Lipinski definition) is 5. The first-order chi connectivity index (χ1) is 11.5. The maximum Gasteiger partial charge on any atom is 0.262 e. The minimum Gasteiger partial charge on any atom is -0.312 e. The summed E-state index contributed by atoms with van der Waals surface area (Å²) in [5.74, 6) is -0.234. The van der Waals surface area contributed by atoms with E-state index in [-0.39, 0.29) is 17.9 Å². The molecular weight excluding hydrogens is 308 g/mol. The van der Waals surface area contributed by atoms with Crippen LogP contribution in [0.3, 0.4) is 0 Å². The highest BCUT2D eigenvalue weighted by molar-refractivity contribution is 5.99. The molecule has 0 radical (unpaired) electrons. The van der Waals surface area contributed by atoms with Gasteiger partial charge in [-0.2, -0.15) is 0 Å². The van der Waals surface area contributed by atoms with Crippen molar-refractivity contribution in [3.63, 3.8) is 0 Å². The molecule has 0 unspecified atom stereocenters. The van der Waals surface area contributed by atoms with Crippen molar-refractivity contribution in [2.24, 2.45) is 0 Å². The first kappa shape index (κ1) is 15.0. The number of aromatic nitrogens is 2. The van der Waals surface area contributed by atoms with Crippen LogP contribution in [0.2, 0.25) is 0 Å². The Morgan fingerprint density at radius 2 is 2.00 bits per heavy atom. The van der Waals surface area contributed by atoms with Crippen LogP contribution in [0.25, 0.3) is 10.9 Å². The number of imide groups is 1. The third kappa shape index (κ3) is 2.32. The van der Waals surface area contributed by atoms with E-state index in [0.717, 1.165) is 25.1 Å². The van der Waals surface area contributed by atoms with Gasteiger partial charge in [0.05, 0.1) is 10.9 Å². The lowest BCUT2D eigenvalue weighted by Gasteiger charge is -2.25. The van der Waals surface area contributed by atoms with Crippen LogP contribution in [0.15, 0.2) is 16.9 Å². The summed E-state index contributed by atoms with van der Waals surface area (Å²) in [6.07, 6.45) is 1.43. The van der Waals surface area contributed by atoms with Gasteiger partial charge in [0.25, 0.3) is 5.56 Å². The summed E-state index contributed by atoms with van der Waals surface area (Å²) in [6, 6.07) is 3.19. The van der Waals surface area contributed by atoms with E-state index in [1.54, 1.807) is 6.92 Å². The van der Waals surface area contributed by atoms with E-state index >= 15 is 0 Å². The van der Waals surface area contributed by atoms with Crippen molar-refractivity contribution in [2.45, 2.75) is 38.8 Å². The molecule has 0 spiro atoms. The Balaban J connectivity index is 1.89. The van der Waals surface area contributed by atoms with Crippen molar-refractivity contribution in [3.05, 3.63) is 39.4 Å². The summed E-state index contributed by atoms with van der Waals surface area (Å²) in [5, 5.41) is 6.15. The van der Waals surface area contributed by atoms with Crippen LogP contribution in [0.5, 0.6) is 0 Å². The smallest absolute Gasteiger partial charge is 0.262 e. The lowest BCUT2D eigenvalue weighted by atomic mass is 9.98. The van der Waals surface area contributed by atoms with Crippen molar-refractivity contribution in [3.8, 4) is 0 Å². The normalized spacial score (nSPS) is 20.8. The van der Waals surface area contributed by atoms with Gasteiger partial charge in [-0.3, -0.25) is 24.3 Å². The van der Waals surface area contributed by atoms with Gasteiger partial charge in [0.1, 0.15) is 11.9 Å². The molecule has 0 aliphatic carbocycles. The Morgan fingerprint density at radius 3 is 2.79 bits per heavy atom. The van der Waals surface area contributed by atoms with Gasteiger partial charge in [0.2, 0.25) is 11.8 Å². The van der Waals surface area contributed by atoms with Crippen LogP contribution in [-0.2, 0) is 22.6 Å². The molecule has 0 bridgehead atoms. The second-order valence-electron chi connectivity index (χ2n) is 6.37. The van der Waals surface area contributed by atoms with Gasteiger partial charge in [-0.15, -0.1) is 0 Å². The van der Waals surface area contributed by atoms with E-state index in [2.05, 4.69) is 15.6 Å². The monoisotopic (exact) mass is 326 g/mol. The number of aryl methyl sites for hydroxylation is 1. The predicted octanol–water partition coefficient (Wildman–Crippen LogP) is 0.328. The summed E-state index contributed by atoms with van der Waals surface area (Å²) in [6.45, 7) is 3.39. The highest BCUT2D eigenvalue weighted by Crippen LogP contribution is 2.23. The fourth-order valence-corrected chi connectivity index (χ4v) is 3.58. The number of benzene rings is 1. The largest absolute Gasteiger partial charge is 0.312 e. The molecule has 1 saturated heterocycles. The second-order valence-corrected chi connectivity index (χ2v) is 6.37. The Kier molecular flexibility index (Phi) is 3.45. The molecule has 2 aliphatic rings. The molecule has 24 heavy (non-hydrogen) atoms. The van der Waals surface area contributed by atoms with E-state index in [4.69, 9.17) is 0 Å². The number of fused-ring (bicyclic) bond motifs is 2. The number of hydrogen-bond donors (Lipinski definition) is 2. The van der Waals surface area contributed by atoms with Crippen molar-refractivity contribution in [1.82, 2.24) is 20.2 Å². The number of amides is 2. The third-order valence-electron chi connectivity index (χ3n) is 4.81. The lowest BCUT2D eigenvalue weighted by Crippen LogP contribution is -2.45. The quantitative estimate of drug-likeness (QED) is 0.737. The summed E-state index contributed by atoms with van der Waals surface area (Å²) in [5.41, 5.74) is 2.76. The molecule has 1 aromatic heterocycles. The molecule has 1 atom stereocenters. The topological polar surface area (TPSA) is 93.1 Å². The van der Waals surface area contributed by atoms with Gasteiger partial charge in [-0.25, -0.2) is 4.98 Å². The fraction of sp³-hybridized carbons (Fsp3) is 0.412. The molecule has 7 nitrogen and oxygen atoms in total. The van der Waals surface area contributed by atoms with Gasteiger partial charge in [-0.05, 0) is 49.6 Å². The second kappa shape index (κ2) is 5.52. The highest BCUT2D eigenvalue weighted by atomic mass is 16.2. The minimum atomic E-state index is -0.676. The molecule has 1 fully saturated rings. The van der Waals surface area contributed by atoms with Crippen LogP contribution in [-0.4, -0.2) is 27.9 Å². The van der Waals surface area contributed by atoms with E-state index in [1.165, 1.54) is 10.1 Å². The van der Waals surface area contributed by atoms with E-state index in [0.29, 0.717) is 23.1 Å². The number of carbonyl (C=O) groups excluding carboxylic acids is 2. The maximum atomic E-state index is 13.0. The fourth-order valence-electron chi connectivity index (χ4n) is 3.58. The summed E-state index contributed by atoms with van der Waals surface area (Å²) < 4.78 is 1.43. The van der Waals surface area contributed by atoms with Crippen LogP contribution in [0.4, 0.5) is 0 Å². The van der Waals surface area contributed by atoms with Crippen LogP contribution < -0.4 is 16.2 Å². The Hall–Kier alpha value is -2.54. The SMILES string of the molecule is Cc1nc2cc3c(cc2c(=O)n1[C@H]1CCC(=O)NC1=O)CCNC3. The molecule has 2 aliphatic heterocycles.